The summed E-state index contributed by atoms with van der Waals surface area (Å²) in [6, 6.07) is 6.12. The van der Waals surface area contributed by atoms with Crippen molar-refractivity contribution in [3.05, 3.63) is 23.8 Å². The molecule has 1 aliphatic heterocycles. The van der Waals surface area contributed by atoms with Crippen LogP contribution in [0.15, 0.2) is 18.2 Å². The molecule has 0 unspecified atom stereocenters. The number of hydrogen-bond acceptors (Lipinski definition) is 5. The molecular weight excluding hydrogens is 329 g/mol. The summed E-state index contributed by atoms with van der Waals surface area (Å²) in [5, 5.41) is 0. The number of ether oxygens (including phenoxy) is 2. The lowest BCUT2D eigenvalue weighted by atomic mass is 9.75. The lowest BCUT2D eigenvalue weighted by Gasteiger charge is -2.32. The highest BCUT2D eigenvalue weighted by Gasteiger charge is 2.52. The van der Waals surface area contributed by atoms with Crippen molar-refractivity contribution < 1.29 is 18.8 Å². The van der Waals surface area contributed by atoms with Gasteiger partial charge in [-0.05, 0) is 64.3 Å². The van der Waals surface area contributed by atoms with Crippen LogP contribution in [0.1, 0.15) is 47.1 Å². The molecule has 0 saturated carbocycles. The summed E-state index contributed by atoms with van der Waals surface area (Å²) in [4.78, 5) is 2.36. The summed E-state index contributed by atoms with van der Waals surface area (Å²) >= 11 is 0. The lowest BCUT2D eigenvalue weighted by Crippen LogP contribution is -2.41. The van der Waals surface area contributed by atoms with E-state index in [4.69, 9.17) is 18.8 Å². The molecule has 26 heavy (non-hydrogen) atoms. The van der Waals surface area contributed by atoms with E-state index in [2.05, 4.69) is 51.7 Å². The van der Waals surface area contributed by atoms with Crippen LogP contribution in [0.25, 0.3) is 0 Å². The van der Waals surface area contributed by atoms with E-state index in [0.29, 0.717) is 0 Å². The van der Waals surface area contributed by atoms with Crippen LogP contribution in [0.2, 0.25) is 0 Å². The minimum Gasteiger partial charge on any atom is -0.497 e. The van der Waals surface area contributed by atoms with Gasteiger partial charge in [-0.25, -0.2) is 0 Å². The van der Waals surface area contributed by atoms with Gasteiger partial charge >= 0.3 is 7.12 Å². The zero-order valence-corrected chi connectivity index (χ0v) is 17.4. The van der Waals surface area contributed by atoms with Crippen LogP contribution in [0.3, 0.4) is 0 Å². The Morgan fingerprint density at radius 1 is 1.08 bits per heavy atom. The molecule has 1 saturated heterocycles. The minimum absolute atomic E-state index is 0.353. The zero-order valence-electron chi connectivity index (χ0n) is 17.4. The molecule has 5 nitrogen and oxygen atoms in total. The topological polar surface area (TPSA) is 40.2 Å². The first-order valence-electron chi connectivity index (χ1n) is 9.56. The molecule has 2 rings (SSSR count). The maximum absolute atomic E-state index is 6.27. The number of methoxy groups -OCH3 is 1. The summed E-state index contributed by atoms with van der Waals surface area (Å²) < 4.78 is 23.5. The maximum atomic E-state index is 6.27. The van der Waals surface area contributed by atoms with Crippen LogP contribution in [0, 0.1) is 0 Å². The molecule has 1 aromatic carbocycles. The highest BCUT2D eigenvalue weighted by Crippen LogP contribution is 2.37. The van der Waals surface area contributed by atoms with E-state index < -0.39 is 0 Å². The normalized spacial score (nSPS) is 18.5. The standard InChI is InChI=1S/C20H34BNO4/c1-8-22(12-13-24-9-2)15-16-14-17(23-7)10-11-18(16)21-25-19(3,4)20(5,6)26-21/h10-11,14H,8-9,12-13,15H2,1-7H3. The van der Waals surface area contributed by atoms with Gasteiger partial charge in [-0.2, -0.15) is 0 Å². The van der Waals surface area contributed by atoms with Gasteiger partial charge in [-0.1, -0.05) is 13.0 Å². The Labute approximate surface area is 159 Å². The third-order valence-corrected chi connectivity index (χ3v) is 5.45. The second-order valence-corrected chi connectivity index (χ2v) is 7.72. The largest absolute Gasteiger partial charge is 0.497 e. The van der Waals surface area contributed by atoms with Gasteiger partial charge in [0.15, 0.2) is 0 Å². The fraction of sp³-hybridized carbons (Fsp3) is 0.700. The number of rotatable bonds is 9. The smallest absolute Gasteiger partial charge is 0.495 e. The van der Waals surface area contributed by atoms with E-state index in [0.717, 1.165) is 44.1 Å². The fourth-order valence-corrected chi connectivity index (χ4v) is 2.97. The molecule has 0 radical (unpaired) electrons. The van der Waals surface area contributed by atoms with Crippen LogP contribution in [-0.4, -0.2) is 56.6 Å². The summed E-state index contributed by atoms with van der Waals surface area (Å²) in [7, 11) is 1.33. The molecule has 1 aliphatic rings. The van der Waals surface area contributed by atoms with Gasteiger partial charge in [0.1, 0.15) is 5.75 Å². The third kappa shape index (κ3) is 4.80. The van der Waals surface area contributed by atoms with Crippen LogP contribution in [0.5, 0.6) is 5.75 Å². The third-order valence-electron chi connectivity index (χ3n) is 5.45. The highest BCUT2D eigenvalue weighted by molar-refractivity contribution is 6.62. The van der Waals surface area contributed by atoms with Gasteiger partial charge in [0, 0.05) is 19.7 Å². The molecule has 1 fully saturated rings. The Kier molecular flexibility index (Phi) is 7.14. The number of hydrogen-bond donors (Lipinski definition) is 0. The quantitative estimate of drug-likeness (QED) is 0.498. The van der Waals surface area contributed by atoms with E-state index >= 15 is 0 Å². The second kappa shape index (κ2) is 8.74. The predicted molar refractivity (Wildman–Crippen MR) is 106 cm³/mol. The van der Waals surface area contributed by atoms with E-state index in [-0.39, 0.29) is 18.3 Å². The van der Waals surface area contributed by atoms with Crippen LogP contribution >= 0.6 is 0 Å². The first kappa shape index (κ1) is 21.2. The van der Waals surface area contributed by atoms with Gasteiger partial charge in [0.05, 0.1) is 24.9 Å². The molecule has 0 spiro atoms. The molecule has 0 aliphatic carbocycles. The monoisotopic (exact) mass is 363 g/mol. The molecule has 146 valence electrons. The van der Waals surface area contributed by atoms with Gasteiger partial charge in [0.25, 0.3) is 0 Å². The molecule has 0 aromatic heterocycles. The molecule has 0 N–H and O–H groups in total. The van der Waals surface area contributed by atoms with Crippen molar-refractivity contribution in [1.82, 2.24) is 4.90 Å². The van der Waals surface area contributed by atoms with Gasteiger partial charge in [-0.3, -0.25) is 4.90 Å². The Morgan fingerprint density at radius 3 is 2.27 bits per heavy atom. The maximum Gasteiger partial charge on any atom is 0.495 e. The Balaban J connectivity index is 2.24. The number of nitrogens with zero attached hydrogens (tertiary/aromatic N) is 1. The number of benzene rings is 1. The molecule has 1 heterocycles. The molecule has 6 heteroatoms. The van der Waals surface area contributed by atoms with Crippen molar-refractivity contribution >= 4 is 12.6 Å². The molecular formula is C20H34BNO4. The molecule has 0 atom stereocenters. The van der Waals surface area contributed by atoms with Crippen molar-refractivity contribution in [1.29, 1.82) is 0 Å². The van der Waals surface area contributed by atoms with Gasteiger partial charge in [-0.15, -0.1) is 0 Å². The summed E-state index contributed by atoms with van der Waals surface area (Å²) in [5.74, 6) is 0.848. The van der Waals surface area contributed by atoms with Crippen molar-refractivity contribution in [3.8, 4) is 5.75 Å². The molecule has 0 amide bonds. The van der Waals surface area contributed by atoms with E-state index in [1.54, 1.807) is 7.11 Å². The zero-order chi connectivity index (χ0) is 19.4. The van der Waals surface area contributed by atoms with E-state index in [1.165, 1.54) is 5.56 Å². The summed E-state index contributed by atoms with van der Waals surface area (Å²) in [6.45, 7) is 16.6. The van der Waals surface area contributed by atoms with Gasteiger partial charge in [0.2, 0.25) is 0 Å². The highest BCUT2D eigenvalue weighted by atomic mass is 16.7. The van der Waals surface area contributed by atoms with Crippen LogP contribution in [-0.2, 0) is 20.6 Å². The van der Waals surface area contributed by atoms with Crippen molar-refractivity contribution in [2.75, 3.05) is 33.4 Å². The summed E-state index contributed by atoms with van der Waals surface area (Å²) in [6.07, 6.45) is 0. The first-order valence-corrected chi connectivity index (χ1v) is 9.56. The van der Waals surface area contributed by atoms with Crippen molar-refractivity contribution in [2.24, 2.45) is 0 Å². The Morgan fingerprint density at radius 2 is 1.73 bits per heavy atom. The fourth-order valence-electron chi connectivity index (χ4n) is 2.97. The minimum atomic E-state index is -0.369. The second-order valence-electron chi connectivity index (χ2n) is 7.72. The van der Waals surface area contributed by atoms with Gasteiger partial charge < -0.3 is 18.8 Å². The van der Waals surface area contributed by atoms with E-state index in [1.807, 2.05) is 13.0 Å². The molecule has 0 bridgehead atoms. The predicted octanol–water partition coefficient (Wildman–Crippen LogP) is 2.85. The van der Waals surface area contributed by atoms with E-state index in [9.17, 15) is 0 Å². The first-order chi connectivity index (χ1) is 12.2. The van der Waals surface area contributed by atoms with Crippen LogP contribution < -0.4 is 10.2 Å². The van der Waals surface area contributed by atoms with Crippen molar-refractivity contribution in [2.45, 2.75) is 59.3 Å². The average molecular weight is 363 g/mol. The average Bonchev–Trinajstić information content (AvgIpc) is 2.81. The Hall–Kier alpha value is -1.08. The SMILES string of the molecule is CCOCCN(CC)Cc1cc(OC)ccc1B1OC(C)(C)C(C)(C)O1. The Bertz CT molecular complexity index is 575. The van der Waals surface area contributed by atoms with Crippen LogP contribution in [0.4, 0.5) is 0 Å². The summed E-state index contributed by atoms with van der Waals surface area (Å²) in [5.41, 5.74) is 1.53. The molecule has 1 aromatic rings. The van der Waals surface area contributed by atoms with Crippen molar-refractivity contribution in [3.63, 3.8) is 0 Å². The number of likely N-dealkylation sites (N-methyl/N-ethyl adjacent to an activating group) is 1. The lowest BCUT2D eigenvalue weighted by molar-refractivity contribution is 0.00578.